The number of carbonyl (C=O) groups excluding carboxylic acids is 1. The molecule has 0 aromatic heterocycles. The van der Waals surface area contributed by atoms with Gasteiger partial charge in [0.15, 0.2) is 0 Å². The number of benzene rings is 1. The van der Waals surface area contributed by atoms with Gasteiger partial charge in [-0.15, -0.1) is 0 Å². The Morgan fingerprint density at radius 1 is 1.29 bits per heavy atom. The van der Waals surface area contributed by atoms with E-state index < -0.39 is 5.60 Å². The van der Waals surface area contributed by atoms with Gasteiger partial charge in [0.2, 0.25) is 0 Å². The van der Waals surface area contributed by atoms with Crippen molar-refractivity contribution < 1.29 is 9.53 Å². The lowest BCUT2D eigenvalue weighted by molar-refractivity contribution is 0.0256. The zero-order chi connectivity index (χ0) is 15.3. The summed E-state index contributed by atoms with van der Waals surface area (Å²) in [6, 6.07) is 10.0. The highest BCUT2D eigenvalue weighted by Crippen LogP contribution is 2.30. The van der Waals surface area contributed by atoms with Crippen LogP contribution in [0.15, 0.2) is 42.5 Å². The normalized spacial score (nSPS) is 15.2. The fraction of sp³-hybridized carbons (Fsp3) is 0.500. The van der Waals surface area contributed by atoms with Crippen molar-refractivity contribution in [1.29, 1.82) is 0 Å². The number of rotatable bonds is 5. The second-order valence-corrected chi connectivity index (χ2v) is 6.61. The van der Waals surface area contributed by atoms with Crippen molar-refractivity contribution in [2.45, 2.75) is 45.8 Å². The molecule has 1 aromatic carbocycles. The van der Waals surface area contributed by atoms with Crippen LogP contribution in [-0.4, -0.2) is 23.1 Å². The van der Waals surface area contributed by atoms with E-state index in [-0.39, 0.29) is 6.09 Å². The Balaban J connectivity index is 1.99. The van der Waals surface area contributed by atoms with E-state index in [9.17, 15) is 4.79 Å². The molecule has 1 fully saturated rings. The number of nitrogens with zero attached hydrogens (tertiary/aromatic N) is 1. The smallest absolute Gasteiger partial charge is 0.410 e. The van der Waals surface area contributed by atoms with E-state index in [2.05, 4.69) is 12.2 Å². The van der Waals surface area contributed by atoms with E-state index in [0.29, 0.717) is 13.1 Å². The molecule has 1 amide bonds. The minimum atomic E-state index is -0.466. The van der Waals surface area contributed by atoms with Crippen LogP contribution >= 0.6 is 0 Å². The number of amides is 1. The van der Waals surface area contributed by atoms with Gasteiger partial charge < -0.3 is 9.64 Å². The first-order chi connectivity index (χ1) is 9.94. The van der Waals surface area contributed by atoms with Crippen LogP contribution < -0.4 is 0 Å². The highest BCUT2D eigenvalue weighted by Gasteiger charge is 2.22. The van der Waals surface area contributed by atoms with E-state index >= 15 is 0 Å². The van der Waals surface area contributed by atoms with Crippen molar-refractivity contribution >= 4 is 6.09 Å². The van der Waals surface area contributed by atoms with Crippen LogP contribution in [0.1, 0.15) is 39.2 Å². The van der Waals surface area contributed by atoms with E-state index in [1.165, 1.54) is 12.8 Å². The van der Waals surface area contributed by atoms with Crippen LogP contribution in [0.4, 0.5) is 4.79 Å². The largest absolute Gasteiger partial charge is 0.444 e. The minimum absolute atomic E-state index is 0.258. The molecule has 0 unspecified atom stereocenters. The van der Waals surface area contributed by atoms with Crippen molar-refractivity contribution in [2.24, 2.45) is 5.92 Å². The number of ether oxygens (including phenoxy) is 1. The summed E-state index contributed by atoms with van der Waals surface area (Å²) in [5.41, 5.74) is 0.648. The van der Waals surface area contributed by atoms with Gasteiger partial charge in [0.25, 0.3) is 0 Å². The predicted molar refractivity (Wildman–Crippen MR) is 85.0 cm³/mol. The SMILES string of the molecule is CC(C)(C)OC(=O)N(C/C=C\C1CC1)Cc1ccccc1. The van der Waals surface area contributed by atoms with Gasteiger partial charge in [-0.3, -0.25) is 0 Å². The molecule has 0 radical (unpaired) electrons. The lowest BCUT2D eigenvalue weighted by Gasteiger charge is -2.26. The predicted octanol–water partition coefficient (Wildman–Crippen LogP) is 4.39. The van der Waals surface area contributed by atoms with Gasteiger partial charge >= 0.3 is 6.09 Å². The third-order valence-electron chi connectivity index (χ3n) is 3.22. The molecule has 0 saturated heterocycles. The Bertz CT molecular complexity index is 484. The Morgan fingerprint density at radius 2 is 1.95 bits per heavy atom. The summed E-state index contributed by atoms with van der Waals surface area (Å²) in [5, 5.41) is 0. The molecular weight excluding hydrogens is 262 g/mol. The van der Waals surface area contributed by atoms with Gasteiger partial charge in [0.05, 0.1) is 0 Å². The van der Waals surface area contributed by atoms with Gasteiger partial charge in [-0.2, -0.15) is 0 Å². The van der Waals surface area contributed by atoms with Crippen molar-refractivity contribution in [3.05, 3.63) is 48.0 Å². The third-order valence-corrected chi connectivity index (χ3v) is 3.22. The maximum atomic E-state index is 12.3. The first-order valence-electron chi connectivity index (χ1n) is 7.62. The van der Waals surface area contributed by atoms with Gasteiger partial charge in [-0.05, 0) is 45.1 Å². The highest BCUT2D eigenvalue weighted by atomic mass is 16.6. The Hall–Kier alpha value is -1.77. The zero-order valence-electron chi connectivity index (χ0n) is 13.2. The number of carbonyl (C=O) groups is 1. The topological polar surface area (TPSA) is 29.5 Å². The quantitative estimate of drug-likeness (QED) is 0.752. The fourth-order valence-electron chi connectivity index (χ4n) is 2.00. The first-order valence-corrected chi connectivity index (χ1v) is 7.62. The van der Waals surface area contributed by atoms with Gasteiger partial charge in [0.1, 0.15) is 5.60 Å². The zero-order valence-corrected chi connectivity index (χ0v) is 13.2. The summed E-state index contributed by atoms with van der Waals surface area (Å²) in [6.07, 6.45) is 6.60. The van der Waals surface area contributed by atoms with Crippen LogP contribution in [0.5, 0.6) is 0 Å². The lowest BCUT2D eigenvalue weighted by atomic mass is 10.2. The van der Waals surface area contributed by atoms with Crippen LogP contribution in [0.25, 0.3) is 0 Å². The molecular formula is C18H25NO2. The number of hydrogen-bond donors (Lipinski definition) is 0. The summed E-state index contributed by atoms with van der Waals surface area (Å²) in [4.78, 5) is 14.1. The molecule has 21 heavy (non-hydrogen) atoms. The molecule has 1 aromatic rings. The number of allylic oxidation sites excluding steroid dienone is 1. The van der Waals surface area contributed by atoms with E-state index in [4.69, 9.17) is 4.74 Å². The summed E-state index contributed by atoms with van der Waals surface area (Å²) >= 11 is 0. The molecule has 114 valence electrons. The van der Waals surface area contributed by atoms with Crippen LogP contribution in [-0.2, 0) is 11.3 Å². The monoisotopic (exact) mass is 287 g/mol. The number of hydrogen-bond acceptors (Lipinski definition) is 2. The summed E-state index contributed by atoms with van der Waals surface area (Å²) in [7, 11) is 0. The molecule has 0 atom stereocenters. The Kier molecular flexibility index (Phi) is 5.05. The molecule has 0 heterocycles. The van der Waals surface area contributed by atoms with Crippen molar-refractivity contribution in [3.8, 4) is 0 Å². The van der Waals surface area contributed by atoms with Gasteiger partial charge in [0, 0.05) is 13.1 Å². The maximum absolute atomic E-state index is 12.3. The van der Waals surface area contributed by atoms with Crippen LogP contribution in [0.2, 0.25) is 0 Å². The highest BCUT2D eigenvalue weighted by molar-refractivity contribution is 5.68. The van der Waals surface area contributed by atoms with E-state index in [1.54, 1.807) is 4.90 Å². The molecule has 3 heteroatoms. The Labute approximate surface area is 127 Å². The molecule has 3 nitrogen and oxygen atoms in total. The fourth-order valence-corrected chi connectivity index (χ4v) is 2.00. The summed E-state index contributed by atoms with van der Waals surface area (Å²) in [6.45, 7) is 6.86. The van der Waals surface area contributed by atoms with Crippen LogP contribution in [0.3, 0.4) is 0 Å². The molecule has 1 saturated carbocycles. The second kappa shape index (κ2) is 6.79. The van der Waals surface area contributed by atoms with Crippen LogP contribution in [0, 0.1) is 5.92 Å². The van der Waals surface area contributed by atoms with E-state index in [1.807, 2.05) is 51.1 Å². The van der Waals surface area contributed by atoms with Crippen molar-refractivity contribution in [3.63, 3.8) is 0 Å². The maximum Gasteiger partial charge on any atom is 0.410 e. The lowest BCUT2D eigenvalue weighted by Crippen LogP contribution is -2.36. The molecule has 1 aliphatic rings. The average Bonchev–Trinajstić information content (AvgIpc) is 3.21. The molecule has 2 rings (SSSR count). The minimum Gasteiger partial charge on any atom is -0.444 e. The molecule has 1 aliphatic carbocycles. The average molecular weight is 287 g/mol. The van der Waals surface area contributed by atoms with Crippen molar-refractivity contribution in [2.75, 3.05) is 6.54 Å². The van der Waals surface area contributed by atoms with E-state index in [0.717, 1.165) is 11.5 Å². The second-order valence-electron chi connectivity index (χ2n) is 6.61. The Morgan fingerprint density at radius 3 is 2.52 bits per heavy atom. The summed E-state index contributed by atoms with van der Waals surface area (Å²) < 4.78 is 5.50. The molecule has 0 N–H and O–H groups in total. The van der Waals surface area contributed by atoms with Crippen molar-refractivity contribution in [1.82, 2.24) is 4.90 Å². The molecule has 0 spiro atoms. The van der Waals surface area contributed by atoms with Gasteiger partial charge in [-0.25, -0.2) is 4.79 Å². The molecule has 0 aliphatic heterocycles. The standard InChI is InChI=1S/C18H25NO2/c1-18(2,3)21-17(20)19(13-7-10-15-11-12-15)14-16-8-5-4-6-9-16/h4-10,15H,11-14H2,1-3H3/b10-7-. The third kappa shape index (κ3) is 6.03. The van der Waals surface area contributed by atoms with Gasteiger partial charge in [-0.1, -0.05) is 42.5 Å². The molecule has 0 bridgehead atoms. The summed E-state index contributed by atoms with van der Waals surface area (Å²) in [5.74, 6) is 0.724. The first kappa shape index (κ1) is 15.6.